The van der Waals surface area contributed by atoms with Crippen LogP contribution >= 0.6 is 11.8 Å². The third-order valence-corrected chi connectivity index (χ3v) is 5.16. The van der Waals surface area contributed by atoms with E-state index >= 15 is 0 Å². The number of hydrogen-bond donors (Lipinski definition) is 2. The third kappa shape index (κ3) is 4.55. The molecular formula is C21H22N2O2S. The van der Waals surface area contributed by atoms with E-state index in [9.17, 15) is 9.59 Å². The van der Waals surface area contributed by atoms with Crippen LogP contribution in [-0.4, -0.2) is 18.4 Å². The molecule has 1 aliphatic rings. The number of anilines is 1. The van der Waals surface area contributed by atoms with Gasteiger partial charge in [-0.3, -0.25) is 9.59 Å². The molecule has 0 radical (unpaired) electrons. The standard InChI is InChI=1S/C21H22N2O2S/c1-14(2)11-12-22-20(24)16-9-7-15(8-10-16)13-19-21(25)23-17-5-3-4-6-18(17)26-19/h3-10,13-14H,11-12H2,1-2H3,(H,22,24)(H,23,25)/b19-13+. The van der Waals surface area contributed by atoms with E-state index in [0.29, 0.717) is 22.9 Å². The Kier molecular flexibility index (Phi) is 5.78. The highest BCUT2D eigenvalue weighted by Gasteiger charge is 2.20. The second-order valence-corrected chi connectivity index (χ2v) is 7.71. The molecule has 26 heavy (non-hydrogen) atoms. The number of amides is 2. The van der Waals surface area contributed by atoms with Crippen LogP contribution in [0.15, 0.2) is 58.3 Å². The second-order valence-electron chi connectivity index (χ2n) is 6.62. The minimum absolute atomic E-state index is 0.0661. The fourth-order valence-corrected chi connectivity index (χ4v) is 3.51. The molecule has 1 heterocycles. The molecule has 1 aliphatic heterocycles. The van der Waals surface area contributed by atoms with Crippen LogP contribution < -0.4 is 10.6 Å². The first-order valence-electron chi connectivity index (χ1n) is 8.71. The number of fused-ring (bicyclic) bond motifs is 1. The molecule has 2 amide bonds. The predicted octanol–water partition coefficient (Wildman–Crippen LogP) is 4.55. The molecule has 2 aromatic rings. The number of carbonyl (C=O) groups excluding carboxylic acids is 2. The summed E-state index contributed by atoms with van der Waals surface area (Å²) in [5.74, 6) is 0.390. The van der Waals surface area contributed by atoms with Crippen molar-refractivity contribution in [2.75, 3.05) is 11.9 Å². The first kappa shape index (κ1) is 18.3. The lowest BCUT2D eigenvalue weighted by Crippen LogP contribution is -2.25. The van der Waals surface area contributed by atoms with Crippen molar-refractivity contribution in [2.24, 2.45) is 5.92 Å². The normalized spacial score (nSPS) is 14.9. The maximum atomic E-state index is 12.2. The van der Waals surface area contributed by atoms with E-state index < -0.39 is 0 Å². The van der Waals surface area contributed by atoms with Gasteiger partial charge in [-0.1, -0.05) is 49.9 Å². The van der Waals surface area contributed by atoms with Gasteiger partial charge in [0.05, 0.1) is 10.6 Å². The summed E-state index contributed by atoms with van der Waals surface area (Å²) in [6.45, 7) is 4.94. The number of thioether (sulfide) groups is 1. The molecule has 0 aliphatic carbocycles. The van der Waals surface area contributed by atoms with Gasteiger partial charge in [0.1, 0.15) is 0 Å². The Balaban J connectivity index is 1.68. The SMILES string of the molecule is CC(C)CCNC(=O)c1ccc(/C=C2/Sc3ccccc3NC2=O)cc1. The van der Waals surface area contributed by atoms with Gasteiger partial charge in [-0.25, -0.2) is 0 Å². The Labute approximate surface area is 158 Å². The van der Waals surface area contributed by atoms with Crippen molar-refractivity contribution in [2.45, 2.75) is 25.2 Å². The van der Waals surface area contributed by atoms with Crippen LogP contribution in [0.2, 0.25) is 0 Å². The maximum Gasteiger partial charge on any atom is 0.262 e. The molecule has 2 N–H and O–H groups in total. The van der Waals surface area contributed by atoms with Crippen LogP contribution in [0.3, 0.4) is 0 Å². The molecule has 2 aromatic carbocycles. The number of benzene rings is 2. The number of carbonyl (C=O) groups is 2. The van der Waals surface area contributed by atoms with Gasteiger partial charge in [0.25, 0.3) is 11.8 Å². The van der Waals surface area contributed by atoms with Crippen molar-refractivity contribution in [3.05, 3.63) is 64.6 Å². The number of hydrogen-bond acceptors (Lipinski definition) is 3. The van der Waals surface area contributed by atoms with Crippen molar-refractivity contribution in [1.82, 2.24) is 5.32 Å². The lowest BCUT2D eigenvalue weighted by atomic mass is 10.1. The Morgan fingerprint density at radius 1 is 1.15 bits per heavy atom. The highest BCUT2D eigenvalue weighted by Crippen LogP contribution is 2.38. The molecule has 134 valence electrons. The monoisotopic (exact) mass is 366 g/mol. The minimum atomic E-state index is -0.107. The van der Waals surface area contributed by atoms with Crippen LogP contribution in [0.5, 0.6) is 0 Å². The average molecular weight is 366 g/mol. The van der Waals surface area contributed by atoms with Crippen molar-refractivity contribution >= 4 is 35.3 Å². The Morgan fingerprint density at radius 3 is 2.62 bits per heavy atom. The molecule has 0 atom stereocenters. The molecule has 3 rings (SSSR count). The molecule has 4 nitrogen and oxygen atoms in total. The van der Waals surface area contributed by atoms with E-state index in [-0.39, 0.29) is 11.8 Å². The van der Waals surface area contributed by atoms with Gasteiger partial charge in [0.2, 0.25) is 0 Å². The Morgan fingerprint density at radius 2 is 1.88 bits per heavy atom. The summed E-state index contributed by atoms with van der Waals surface area (Å²) in [5, 5.41) is 5.83. The minimum Gasteiger partial charge on any atom is -0.352 e. The van der Waals surface area contributed by atoms with Crippen molar-refractivity contribution < 1.29 is 9.59 Å². The Hall–Kier alpha value is -2.53. The van der Waals surface area contributed by atoms with Gasteiger partial charge < -0.3 is 10.6 Å². The van der Waals surface area contributed by atoms with Crippen LogP contribution in [0.25, 0.3) is 6.08 Å². The topological polar surface area (TPSA) is 58.2 Å². The first-order chi connectivity index (χ1) is 12.5. The summed E-state index contributed by atoms with van der Waals surface area (Å²) in [6.07, 6.45) is 2.81. The molecule has 0 saturated carbocycles. The van der Waals surface area contributed by atoms with E-state index in [1.807, 2.05) is 42.5 Å². The lowest BCUT2D eigenvalue weighted by Gasteiger charge is -2.18. The van der Waals surface area contributed by atoms with Gasteiger partial charge in [-0.15, -0.1) is 0 Å². The van der Waals surface area contributed by atoms with Crippen molar-refractivity contribution in [1.29, 1.82) is 0 Å². The highest BCUT2D eigenvalue weighted by molar-refractivity contribution is 8.04. The number of rotatable bonds is 5. The molecule has 0 fully saturated rings. The summed E-state index contributed by atoms with van der Waals surface area (Å²) < 4.78 is 0. The summed E-state index contributed by atoms with van der Waals surface area (Å²) in [6, 6.07) is 15.0. The molecule has 0 aromatic heterocycles. The van der Waals surface area contributed by atoms with E-state index in [2.05, 4.69) is 24.5 Å². The number of para-hydroxylation sites is 1. The molecule has 0 unspecified atom stereocenters. The summed E-state index contributed by atoms with van der Waals surface area (Å²) in [7, 11) is 0. The van der Waals surface area contributed by atoms with Crippen LogP contribution in [0.4, 0.5) is 5.69 Å². The van der Waals surface area contributed by atoms with Crippen LogP contribution in [0.1, 0.15) is 36.2 Å². The quantitative estimate of drug-likeness (QED) is 0.764. The summed E-state index contributed by atoms with van der Waals surface area (Å²) >= 11 is 1.45. The third-order valence-electron chi connectivity index (χ3n) is 4.06. The van der Waals surface area contributed by atoms with E-state index in [1.54, 1.807) is 12.1 Å². The molecule has 0 saturated heterocycles. The molecule has 0 spiro atoms. The lowest BCUT2D eigenvalue weighted by molar-refractivity contribution is -0.112. The summed E-state index contributed by atoms with van der Waals surface area (Å²) in [5.41, 5.74) is 2.36. The average Bonchev–Trinajstić information content (AvgIpc) is 2.62. The molecule has 0 bridgehead atoms. The van der Waals surface area contributed by atoms with Crippen LogP contribution in [-0.2, 0) is 4.79 Å². The van der Waals surface area contributed by atoms with Gasteiger partial charge in [0.15, 0.2) is 0 Å². The van der Waals surface area contributed by atoms with E-state index in [1.165, 1.54) is 11.8 Å². The zero-order valence-electron chi connectivity index (χ0n) is 14.9. The van der Waals surface area contributed by atoms with Crippen molar-refractivity contribution in [3.63, 3.8) is 0 Å². The molecular weight excluding hydrogens is 344 g/mol. The fourth-order valence-electron chi connectivity index (χ4n) is 2.56. The smallest absolute Gasteiger partial charge is 0.262 e. The zero-order chi connectivity index (χ0) is 18.5. The van der Waals surface area contributed by atoms with E-state index in [4.69, 9.17) is 0 Å². The number of nitrogens with one attached hydrogen (secondary N) is 2. The van der Waals surface area contributed by atoms with Crippen molar-refractivity contribution in [3.8, 4) is 0 Å². The van der Waals surface area contributed by atoms with Gasteiger partial charge in [-0.2, -0.15) is 0 Å². The molecule has 5 heteroatoms. The first-order valence-corrected chi connectivity index (χ1v) is 9.53. The van der Waals surface area contributed by atoms with Gasteiger partial charge >= 0.3 is 0 Å². The largest absolute Gasteiger partial charge is 0.352 e. The van der Waals surface area contributed by atoms with Crippen LogP contribution in [0, 0.1) is 5.92 Å². The van der Waals surface area contributed by atoms with E-state index in [0.717, 1.165) is 22.6 Å². The van der Waals surface area contributed by atoms with Gasteiger partial charge in [0, 0.05) is 17.0 Å². The Bertz CT molecular complexity index is 841. The predicted molar refractivity (Wildman–Crippen MR) is 107 cm³/mol. The van der Waals surface area contributed by atoms with Gasteiger partial charge in [-0.05, 0) is 48.2 Å². The highest BCUT2D eigenvalue weighted by atomic mass is 32.2. The second kappa shape index (κ2) is 8.23. The zero-order valence-corrected chi connectivity index (χ0v) is 15.7. The summed E-state index contributed by atoms with van der Waals surface area (Å²) in [4.78, 5) is 26.0. The fraction of sp³-hybridized carbons (Fsp3) is 0.238. The maximum absolute atomic E-state index is 12.2.